The number of benzene rings is 2. The van der Waals surface area contributed by atoms with Crippen LogP contribution in [-0.2, 0) is 11.3 Å². The molecule has 0 bridgehead atoms. The van der Waals surface area contributed by atoms with Gasteiger partial charge in [0.25, 0.3) is 5.91 Å². The van der Waals surface area contributed by atoms with Gasteiger partial charge < -0.3 is 10.2 Å². The minimum Gasteiger partial charge on any atom is -0.338 e. The van der Waals surface area contributed by atoms with Crippen LogP contribution in [-0.4, -0.2) is 44.6 Å². The van der Waals surface area contributed by atoms with Gasteiger partial charge in [-0.3, -0.25) is 9.59 Å². The van der Waals surface area contributed by atoms with Gasteiger partial charge in [-0.15, -0.1) is 0 Å². The third-order valence-electron chi connectivity index (χ3n) is 5.18. The van der Waals surface area contributed by atoms with E-state index >= 15 is 0 Å². The van der Waals surface area contributed by atoms with Gasteiger partial charge in [0.2, 0.25) is 5.91 Å². The average molecular weight is 424 g/mol. The summed E-state index contributed by atoms with van der Waals surface area (Å²) in [5.41, 5.74) is 2.33. The Morgan fingerprint density at radius 1 is 1.17 bits per heavy atom. The highest BCUT2D eigenvalue weighted by atomic mass is 35.5. The number of anilines is 1. The van der Waals surface area contributed by atoms with E-state index in [-0.39, 0.29) is 17.7 Å². The third kappa shape index (κ3) is 4.86. The maximum Gasteiger partial charge on any atom is 0.253 e. The molecular formula is C22H22ClN5O2. The molecule has 1 aliphatic heterocycles. The van der Waals surface area contributed by atoms with E-state index in [2.05, 4.69) is 15.4 Å². The van der Waals surface area contributed by atoms with Gasteiger partial charge in [0.15, 0.2) is 0 Å². The van der Waals surface area contributed by atoms with Crippen LogP contribution < -0.4 is 5.32 Å². The Balaban J connectivity index is 1.38. The van der Waals surface area contributed by atoms with E-state index in [1.165, 1.54) is 6.33 Å². The van der Waals surface area contributed by atoms with E-state index in [4.69, 9.17) is 11.6 Å². The van der Waals surface area contributed by atoms with E-state index in [9.17, 15) is 9.59 Å². The summed E-state index contributed by atoms with van der Waals surface area (Å²) in [6, 6.07) is 14.5. The molecule has 3 aromatic rings. The maximum atomic E-state index is 12.9. The van der Waals surface area contributed by atoms with E-state index in [0.717, 1.165) is 24.1 Å². The van der Waals surface area contributed by atoms with Crippen LogP contribution in [0.25, 0.3) is 0 Å². The Bertz CT molecular complexity index is 1020. The minimum atomic E-state index is -0.242. The number of nitrogens with one attached hydrogen (secondary N) is 1. The lowest BCUT2D eigenvalue weighted by Gasteiger charge is -2.32. The number of likely N-dealkylation sites (tertiary alicyclic amines) is 1. The van der Waals surface area contributed by atoms with Crippen molar-refractivity contribution < 1.29 is 9.59 Å². The standard InChI is InChI=1S/C22H22ClN5O2/c23-19-8-6-17(7-9-19)22(30)27-10-2-4-18(13-27)21(29)26-20-5-1-3-16(11-20)12-28-15-24-14-25-28/h1,3,5-9,11,14-15,18H,2,4,10,12-13H2,(H,26,29)/t18-/m1/s1. The second-order valence-electron chi connectivity index (χ2n) is 7.38. The van der Waals surface area contributed by atoms with Crippen molar-refractivity contribution in [2.24, 2.45) is 5.92 Å². The molecule has 2 heterocycles. The van der Waals surface area contributed by atoms with Crippen molar-refractivity contribution in [2.45, 2.75) is 19.4 Å². The Morgan fingerprint density at radius 3 is 2.77 bits per heavy atom. The first-order chi connectivity index (χ1) is 14.6. The van der Waals surface area contributed by atoms with Gasteiger partial charge in [0.1, 0.15) is 12.7 Å². The van der Waals surface area contributed by atoms with Crippen LogP contribution in [0, 0.1) is 5.92 Å². The molecule has 154 valence electrons. The Kier molecular flexibility index (Phi) is 6.09. The third-order valence-corrected chi connectivity index (χ3v) is 5.43. The van der Waals surface area contributed by atoms with E-state index < -0.39 is 0 Å². The number of nitrogens with zero attached hydrogens (tertiary/aromatic N) is 4. The first-order valence-electron chi connectivity index (χ1n) is 9.85. The van der Waals surface area contributed by atoms with Gasteiger partial charge in [-0.1, -0.05) is 23.7 Å². The summed E-state index contributed by atoms with van der Waals surface area (Å²) in [6.45, 7) is 1.64. The number of amides is 2. The number of carbonyl (C=O) groups excluding carboxylic acids is 2. The molecule has 0 saturated carbocycles. The molecule has 7 nitrogen and oxygen atoms in total. The summed E-state index contributed by atoms with van der Waals surface area (Å²) in [5, 5.41) is 7.69. The first-order valence-corrected chi connectivity index (χ1v) is 10.2. The maximum absolute atomic E-state index is 12.9. The minimum absolute atomic E-state index is 0.0680. The SMILES string of the molecule is O=C(Nc1cccc(Cn2cncn2)c1)[C@@H]1CCCN(C(=O)c2ccc(Cl)cc2)C1. The molecule has 30 heavy (non-hydrogen) atoms. The molecule has 1 fully saturated rings. The molecule has 1 atom stereocenters. The number of rotatable bonds is 5. The fourth-order valence-electron chi connectivity index (χ4n) is 3.64. The van der Waals surface area contributed by atoms with Crippen LogP contribution in [0.5, 0.6) is 0 Å². The second-order valence-corrected chi connectivity index (χ2v) is 7.82. The normalized spacial score (nSPS) is 16.3. The second kappa shape index (κ2) is 9.09. The zero-order valence-electron chi connectivity index (χ0n) is 16.4. The van der Waals surface area contributed by atoms with Crippen LogP contribution in [0.15, 0.2) is 61.2 Å². The number of aromatic nitrogens is 3. The zero-order valence-corrected chi connectivity index (χ0v) is 17.1. The molecule has 0 aliphatic carbocycles. The van der Waals surface area contributed by atoms with Crippen LogP contribution >= 0.6 is 11.6 Å². The van der Waals surface area contributed by atoms with E-state index in [0.29, 0.717) is 30.2 Å². The van der Waals surface area contributed by atoms with Crippen molar-refractivity contribution in [1.82, 2.24) is 19.7 Å². The molecule has 2 amide bonds. The van der Waals surface area contributed by atoms with Gasteiger partial charge in [-0.25, -0.2) is 9.67 Å². The van der Waals surface area contributed by atoms with Crippen LogP contribution in [0.4, 0.5) is 5.69 Å². The average Bonchev–Trinajstić information content (AvgIpc) is 3.27. The van der Waals surface area contributed by atoms with Crippen LogP contribution in [0.3, 0.4) is 0 Å². The molecule has 0 radical (unpaired) electrons. The summed E-state index contributed by atoms with van der Waals surface area (Å²) < 4.78 is 1.72. The molecule has 1 saturated heterocycles. The lowest BCUT2D eigenvalue weighted by Crippen LogP contribution is -2.43. The molecule has 0 unspecified atom stereocenters. The largest absolute Gasteiger partial charge is 0.338 e. The van der Waals surface area contributed by atoms with Crippen molar-refractivity contribution in [1.29, 1.82) is 0 Å². The molecular weight excluding hydrogens is 402 g/mol. The van der Waals surface area contributed by atoms with Crippen molar-refractivity contribution in [2.75, 3.05) is 18.4 Å². The lowest BCUT2D eigenvalue weighted by atomic mass is 9.96. The smallest absolute Gasteiger partial charge is 0.253 e. The highest BCUT2D eigenvalue weighted by Crippen LogP contribution is 2.22. The molecule has 2 aromatic carbocycles. The molecule has 1 aromatic heterocycles. The lowest BCUT2D eigenvalue weighted by molar-refractivity contribution is -0.121. The fourth-order valence-corrected chi connectivity index (χ4v) is 3.77. The quantitative estimate of drug-likeness (QED) is 0.681. The summed E-state index contributed by atoms with van der Waals surface area (Å²) in [7, 11) is 0. The molecule has 8 heteroatoms. The molecule has 0 spiro atoms. The van der Waals surface area contributed by atoms with Gasteiger partial charge in [0.05, 0.1) is 12.5 Å². The van der Waals surface area contributed by atoms with Crippen molar-refractivity contribution in [3.05, 3.63) is 77.3 Å². The Morgan fingerprint density at radius 2 is 2.00 bits per heavy atom. The van der Waals surface area contributed by atoms with Gasteiger partial charge in [-0.05, 0) is 54.8 Å². The number of carbonyl (C=O) groups is 2. The van der Waals surface area contributed by atoms with Crippen LogP contribution in [0.1, 0.15) is 28.8 Å². The Hall–Kier alpha value is -3.19. The van der Waals surface area contributed by atoms with Crippen molar-refractivity contribution in [3.8, 4) is 0 Å². The summed E-state index contributed by atoms with van der Waals surface area (Å²) in [4.78, 5) is 31.3. The highest BCUT2D eigenvalue weighted by Gasteiger charge is 2.29. The van der Waals surface area contributed by atoms with E-state index in [1.54, 1.807) is 40.2 Å². The van der Waals surface area contributed by atoms with E-state index in [1.807, 2.05) is 24.3 Å². The summed E-state index contributed by atoms with van der Waals surface area (Å²) in [5.74, 6) is -0.380. The molecule has 1 N–H and O–H groups in total. The van der Waals surface area contributed by atoms with Gasteiger partial charge >= 0.3 is 0 Å². The Labute approximate surface area is 179 Å². The van der Waals surface area contributed by atoms with Gasteiger partial charge in [-0.2, -0.15) is 5.10 Å². The predicted octanol–water partition coefficient (Wildman–Crippen LogP) is 3.47. The molecule has 1 aliphatic rings. The van der Waals surface area contributed by atoms with Crippen molar-refractivity contribution >= 4 is 29.1 Å². The summed E-state index contributed by atoms with van der Waals surface area (Å²) in [6.07, 6.45) is 4.70. The summed E-state index contributed by atoms with van der Waals surface area (Å²) >= 11 is 5.91. The predicted molar refractivity (Wildman–Crippen MR) is 114 cm³/mol. The monoisotopic (exact) mass is 423 g/mol. The first kappa shape index (κ1) is 20.1. The zero-order chi connectivity index (χ0) is 20.9. The van der Waals surface area contributed by atoms with Crippen molar-refractivity contribution in [3.63, 3.8) is 0 Å². The number of piperidine rings is 1. The fraction of sp³-hybridized carbons (Fsp3) is 0.273. The topological polar surface area (TPSA) is 80.1 Å². The number of halogens is 1. The molecule has 4 rings (SSSR count). The highest BCUT2D eigenvalue weighted by molar-refractivity contribution is 6.30. The number of hydrogen-bond acceptors (Lipinski definition) is 4. The van der Waals surface area contributed by atoms with Crippen LogP contribution in [0.2, 0.25) is 5.02 Å². The van der Waals surface area contributed by atoms with Gasteiger partial charge in [0, 0.05) is 29.4 Å². The number of hydrogen-bond donors (Lipinski definition) is 1.